The minimum absolute atomic E-state index is 0.00138. The molecule has 0 fully saturated rings. The van der Waals surface area contributed by atoms with Crippen LogP contribution in [0.1, 0.15) is 32.7 Å². The fraction of sp³-hybridized carbons (Fsp3) is 0.150. The second-order valence-corrected chi connectivity index (χ2v) is 6.54. The van der Waals surface area contributed by atoms with Crippen molar-refractivity contribution in [2.24, 2.45) is 0 Å². The molecule has 0 unspecified atom stereocenters. The van der Waals surface area contributed by atoms with Crippen molar-refractivity contribution in [3.8, 4) is 6.07 Å². The number of benzene rings is 2. The second kappa shape index (κ2) is 8.83. The number of hydrogen-bond acceptors (Lipinski definition) is 7. The number of nitro groups is 1. The highest BCUT2D eigenvalue weighted by Gasteiger charge is 2.37. The molecule has 1 heterocycles. The molecule has 0 saturated heterocycles. The molecular formula is C20H15N5O6. The van der Waals surface area contributed by atoms with Crippen LogP contribution in [-0.4, -0.2) is 40.0 Å². The molecule has 2 aromatic rings. The summed E-state index contributed by atoms with van der Waals surface area (Å²) >= 11 is 0. The second-order valence-electron chi connectivity index (χ2n) is 6.54. The summed E-state index contributed by atoms with van der Waals surface area (Å²) in [7, 11) is 0. The van der Waals surface area contributed by atoms with Crippen molar-refractivity contribution in [2.45, 2.75) is 13.0 Å². The van der Waals surface area contributed by atoms with Gasteiger partial charge in [-0.25, -0.2) is 0 Å². The molecule has 0 spiro atoms. The number of nitriles is 1. The third kappa shape index (κ3) is 4.70. The van der Waals surface area contributed by atoms with E-state index in [4.69, 9.17) is 5.26 Å². The summed E-state index contributed by atoms with van der Waals surface area (Å²) in [6.45, 7) is -0.412. The van der Waals surface area contributed by atoms with Gasteiger partial charge in [-0.1, -0.05) is 12.1 Å². The lowest BCUT2D eigenvalue weighted by Crippen LogP contribution is -2.37. The maximum Gasteiger partial charge on any atom is 0.270 e. The van der Waals surface area contributed by atoms with Gasteiger partial charge in [0.2, 0.25) is 11.8 Å². The predicted octanol–water partition coefficient (Wildman–Crippen LogP) is 1.36. The van der Waals surface area contributed by atoms with Gasteiger partial charge in [-0.15, -0.1) is 0 Å². The van der Waals surface area contributed by atoms with Crippen LogP contribution in [0.25, 0.3) is 0 Å². The fourth-order valence-electron chi connectivity index (χ4n) is 2.97. The maximum atomic E-state index is 12.5. The molecule has 0 radical (unpaired) electrons. The molecule has 2 aromatic carbocycles. The predicted molar refractivity (Wildman–Crippen MR) is 106 cm³/mol. The van der Waals surface area contributed by atoms with E-state index in [0.717, 1.165) is 17.0 Å². The standard InChI is InChI=1S/C20H15N5O6/c21-7-6-17(26)22-10-12-2-1-3-13(8-12)23-18(27)11-24-19(28)15-5-4-14(25(30)31)9-16(15)20(24)29/h1-5,8-9H,6,10-11H2,(H,22,26)(H,23,27). The summed E-state index contributed by atoms with van der Waals surface area (Å²) in [4.78, 5) is 59.6. The van der Waals surface area contributed by atoms with E-state index in [1.54, 1.807) is 30.3 Å². The molecule has 1 aliphatic rings. The highest BCUT2D eigenvalue weighted by atomic mass is 16.6. The highest BCUT2D eigenvalue weighted by Crippen LogP contribution is 2.26. The number of imide groups is 1. The van der Waals surface area contributed by atoms with E-state index in [2.05, 4.69) is 10.6 Å². The van der Waals surface area contributed by atoms with E-state index in [1.165, 1.54) is 6.07 Å². The van der Waals surface area contributed by atoms with E-state index in [0.29, 0.717) is 11.3 Å². The SMILES string of the molecule is N#CCC(=O)NCc1cccc(NC(=O)CN2C(=O)c3ccc([N+](=O)[O-])cc3C2=O)c1. The van der Waals surface area contributed by atoms with Crippen LogP contribution in [0.2, 0.25) is 0 Å². The van der Waals surface area contributed by atoms with Crippen LogP contribution in [0.15, 0.2) is 42.5 Å². The van der Waals surface area contributed by atoms with Gasteiger partial charge in [0.15, 0.2) is 0 Å². The van der Waals surface area contributed by atoms with Gasteiger partial charge in [0.25, 0.3) is 17.5 Å². The third-order valence-electron chi connectivity index (χ3n) is 4.41. The zero-order valence-corrected chi connectivity index (χ0v) is 16.0. The Kier molecular flexibility index (Phi) is 6.02. The van der Waals surface area contributed by atoms with Gasteiger partial charge in [0.05, 0.1) is 22.1 Å². The maximum absolute atomic E-state index is 12.5. The summed E-state index contributed by atoms with van der Waals surface area (Å²) in [5.74, 6) is -2.57. The van der Waals surface area contributed by atoms with Crippen LogP contribution in [-0.2, 0) is 16.1 Å². The summed E-state index contributed by atoms with van der Waals surface area (Å²) in [6.07, 6.45) is -0.264. The van der Waals surface area contributed by atoms with Crippen molar-refractivity contribution in [3.63, 3.8) is 0 Å². The molecule has 11 heteroatoms. The van der Waals surface area contributed by atoms with Gasteiger partial charge in [-0.2, -0.15) is 5.26 Å². The Morgan fingerprint density at radius 1 is 1.06 bits per heavy atom. The Bertz CT molecular complexity index is 1150. The first-order valence-electron chi connectivity index (χ1n) is 8.97. The van der Waals surface area contributed by atoms with Gasteiger partial charge in [0, 0.05) is 24.4 Å². The third-order valence-corrected chi connectivity index (χ3v) is 4.41. The highest BCUT2D eigenvalue weighted by molar-refractivity contribution is 6.23. The van der Waals surface area contributed by atoms with Crippen molar-refractivity contribution >= 4 is 35.0 Å². The minimum Gasteiger partial charge on any atom is -0.351 e. The number of anilines is 1. The van der Waals surface area contributed by atoms with Crippen molar-refractivity contribution < 1.29 is 24.1 Å². The molecule has 3 rings (SSSR count). The molecule has 0 aliphatic carbocycles. The van der Waals surface area contributed by atoms with Crippen LogP contribution in [0.3, 0.4) is 0 Å². The van der Waals surface area contributed by atoms with Gasteiger partial charge < -0.3 is 10.6 Å². The normalized spacial score (nSPS) is 12.2. The van der Waals surface area contributed by atoms with Gasteiger partial charge in [0.1, 0.15) is 13.0 Å². The number of nitrogens with one attached hydrogen (secondary N) is 2. The van der Waals surface area contributed by atoms with Crippen LogP contribution in [0, 0.1) is 21.4 Å². The van der Waals surface area contributed by atoms with Crippen molar-refractivity contribution in [1.82, 2.24) is 10.2 Å². The number of carbonyl (C=O) groups excluding carboxylic acids is 4. The average Bonchev–Trinajstić information content (AvgIpc) is 2.97. The number of fused-ring (bicyclic) bond motifs is 1. The number of carbonyl (C=O) groups is 4. The number of hydrogen-bond donors (Lipinski definition) is 2. The van der Waals surface area contributed by atoms with Gasteiger partial charge in [-0.3, -0.25) is 34.2 Å². The van der Waals surface area contributed by atoms with Gasteiger partial charge >= 0.3 is 0 Å². The summed E-state index contributed by atoms with van der Waals surface area (Å²) < 4.78 is 0. The number of rotatable bonds is 7. The van der Waals surface area contributed by atoms with Crippen molar-refractivity contribution in [1.29, 1.82) is 5.26 Å². The summed E-state index contributed by atoms with van der Waals surface area (Å²) in [6, 6.07) is 11.6. The first-order chi connectivity index (χ1) is 14.8. The summed E-state index contributed by atoms with van der Waals surface area (Å²) in [5, 5.41) is 24.5. The zero-order chi connectivity index (χ0) is 22.5. The molecule has 4 amide bonds. The quantitative estimate of drug-likeness (QED) is 0.387. The number of nitro benzene ring substituents is 1. The van der Waals surface area contributed by atoms with Crippen molar-refractivity contribution in [2.75, 3.05) is 11.9 Å². The molecule has 11 nitrogen and oxygen atoms in total. The molecule has 1 aliphatic heterocycles. The molecule has 156 valence electrons. The Morgan fingerprint density at radius 2 is 1.81 bits per heavy atom. The molecule has 31 heavy (non-hydrogen) atoms. The molecular weight excluding hydrogens is 406 g/mol. The van der Waals surface area contributed by atoms with E-state index in [9.17, 15) is 29.3 Å². The van der Waals surface area contributed by atoms with E-state index >= 15 is 0 Å². The largest absolute Gasteiger partial charge is 0.351 e. The lowest BCUT2D eigenvalue weighted by Gasteiger charge is -2.14. The van der Waals surface area contributed by atoms with Crippen LogP contribution in [0.4, 0.5) is 11.4 Å². The first kappa shape index (κ1) is 21.1. The first-order valence-corrected chi connectivity index (χ1v) is 8.97. The van der Waals surface area contributed by atoms with Gasteiger partial charge in [-0.05, 0) is 23.8 Å². The van der Waals surface area contributed by atoms with E-state index < -0.39 is 35.1 Å². The lowest BCUT2D eigenvalue weighted by atomic mass is 10.1. The Hall–Kier alpha value is -4.59. The lowest BCUT2D eigenvalue weighted by molar-refractivity contribution is -0.384. The van der Waals surface area contributed by atoms with E-state index in [1.807, 2.05) is 0 Å². The summed E-state index contributed by atoms with van der Waals surface area (Å²) in [5.41, 5.74) is 0.590. The topological polar surface area (TPSA) is 163 Å². The molecule has 0 saturated carbocycles. The zero-order valence-electron chi connectivity index (χ0n) is 16.0. The number of amides is 4. The number of nitrogens with zero attached hydrogens (tertiary/aromatic N) is 3. The molecule has 2 N–H and O–H groups in total. The van der Waals surface area contributed by atoms with Crippen LogP contribution >= 0.6 is 0 Å². The van der Waals surface area contributed by atoms with Crippen LogP contribution < -0.4 is 10.6 Å². The van der Waals surface area contributed by atoms with Crippen LogP contribution in [0.5, 0.6) is 0 Å². The molecule has 0 aromatic heterocycles. The Morgan fingerprint density at radius 3 is 2.52 bits per heavy atom. The Labute approximate surface area is 175 Å². The van der Waals surface area contributed by atoms with E-state index in [-0.39, 0.29) is 29.8 Å². The number of non-ortho nitro benzene ring substituents is 1. The molecule has 0 atom stereocenters. The minimum atomic E-state index is -0.784. The molecule has 0 bridgehead atoms. The fourth-order valence-corrected chi connectivity index (χ4v) is 2.97. The Balaban J connectivity index is 1.65. The van der Waals surface area contributed by atoms with Crippen molar-refractivity contribution in [3.05, 3.63) is 69.3 Å². The monoisotopic (exact) mass is 421 g/mol. The smallest absolute Gasteiger partial charge is 0.270 e. The average molecular weight is 421 g/mol.